The highest BCUT2D eigenvalue weighted by atomic mass is 16.5. The van der Waals surface area contributed by atoms with Gasteiger partial charge in [0.2, 0.25) is 0 Å². The number of carbonyl (C=O) groups is 1. The van der Waals surface area contributed by atoms with Crippen LogP contribution >= 0.6 is 0 Å². The molecule has 132 valence electrons. The molecule has 1 aliphatic heterocycles. The number of nitrogens with one attached hydrogen (secondary N) is 1. The van der Waals surface area contributed by atoms with E-state index in [0.717, 1.165) is 25.2 Å². The van der Waals surface area contributed by atoms with E-state index < -0.39 is 0 Å². The minimum absolute atomic E-state index is 0.137. The lowest BCUT2D eigenvalue weighted by Gasteiger charge is -2.35. The molecule has 2 atom stereocenters. The van der Waals surface area contributed by atoms with Crippen LogP contribution in [0.1, 0.15) is 35.3 Å². The van der Waals surface area contributed by atoms with E-state index in [0.29, 0.717) is 11.4 Å². The van der Waals surface area contributed by atoms with Crippen molar-refractivity contribution in [3.63, 3.8) is 0 Å². The summed E-state index contributed by atoms with van der Waals surface area (Å²) >= 11 is 0. The Labute approximate surface area is 149 Å². The van der Waals surface area contributed by atoms with Gasteiger partial charge in [0.15, 0.2) is 0 Å². The number of rotatable bonds is 4. The first-order valence-corrected chi connectivity index (χ1v) is 8.71. The summed E-state index contributed by atoms with van der Waals surface area (Å²) in [7, 11) is 0. The van der Waals surface area contributed by atoms with Gasteiger partial charge in [0.05, 0.1) is 12.2 Å². The Hall–Kier alpha value is -2.24. The van der Waals surface area contributed by atoms with E-state index in [4.69, 9.17) is 4.74 Å². The topological polar surface area (TPSA) is 54.5 Å². The lowest BCUT2D eigenvalue weighted by Crippen LogP contribution is -2.44. The third-order valence-corrected chi connectivity index (χ3v) is 4.36. The fraction of sp³-hybridized carbons (Fsp3) is 0.400. The monoisotopic (exact) mass is 339 g/mol. The number of pyridine rings is 1. The molecule has 1 amide bonds. The predicted octanol–water partition coefficient (Wildman–Crippen LogP) is 3.25. The molecule has 1 aliphatic rings. The lowest BCUT2D eigenvalue weighted by molar-refractivity contribution is -0.0704. The average molecular weight is 339 g/mol. The second kappa shape index (κ2) is 7.76. The summed E-state index contributed by atoms with van der Waals surface area (Å²) in [4.78, 5) is 19.0. The molecule has 5 heteroatoms. The Kier molecular flexibility index (Phi) is 5.46. The Morgan fingerprint density at radius 3 is 2.52 bits per heavy atom. The van der Waals surface area contributed by atoms with Crippen LogP contribution in [-0.4, -0.2) is 41.1 Å². The summed E-state index contributed by atoms with van der Waals surface area (Å²) in [6.45, 7) is 8.89. The van der Waals surface area contributed by atoms with E-state index in [1.54, 1.807) is 6.20 Å². The number of aryl methyl sites for hydroxylation is 1. The fourth-order valence-corrected chi connectivity index (χ4v) is 3.23. The SMILES string of the molecule is Cc1cccnc1NC(=O)c1ccc(CN2C[C@H](C)O[C@@H](C)C2)cc1. The molecule has 1 N–H and O–H groups in total. The van der Waals surface area contributed by atoms with Gasteiger partial charge in [-0.3, -0.25) is 9.69 Å². The maximum Gasteiger partial charge on any atom is 0.256 e. The summed E-state index contributed by atoms with van der Waals surface area (Å²) < 4.78 is 5.77. The molecule has 25 heavy (non-hydrogen) atoms. The number of carbonyl (C=O) groups excluding carboxylic acids is 1. The van der Waals surface area contributed by atoms with Crippen molar-refractivity contribution in [2.45, 2.75) is 39.5 Å². The van der Waals surface area contributed by atoms with Crippen molar-refractivity contribution in [2.24, 2.45) is 0 Å². The number of amides is 1. The zero-order valence-corrected chi connectivity index (χ0v) is 15.0. The van der Waals surface area contributed by atoms with Gasteiger partial charge in [-0.1, -0.05) is 18.2 Å². The highest BCUT2D eigenvalue weighted by Gasteiger charge is 2.22. The molecule has 1 fully saturated rings. The maximum absolute atomic E-state index is 12.4. The van der Waals surface area contributed by atoms with Gasteiger partial charge in [0.25, 0.3) is 5.91 Å². The van der Waals surface area contributed by atoms with Crippen LogP contribution in [-0.2, 0) is 11.3 Å². The summed E-state index contributed by atoms with van der Waals surface area (Å²) in [5.41, 5.74) is 2.78. The smallest absolute Gasteiger partial charge is 0.256 e. The summed E-state index contributed by atoms with van der Waals surface area (Å²) in [5, 5.41) is 2.86. The molecular weight excluding hydrogens is 314 g/mol. The van der Waals surface area contributed by atoms with Crippen LogP contribution < -0.4 is 5.32 Å². The molecule has 3 rings (SSSR count). The number of hydrogen-bond donors (Lipinski definition) is 1. The van der Waals surface area contributed by atoms with Gasteiger partial charge in [-0.05, 0) is 50.1 Å². The van der Waals surface area contributed by atoms with Crippen molar-refractivity contribution in [3.8, 4) is 0 Å². The first-order valence-electron chi connectivity index (χ1n) is 8.71. The van der Waals surface area contributed by atoms with E-state index >= 15 is 0 Å². The summed E-state index contributed by atoms with van der Waals surface area (Å²) in [6.07, 6.45) is 2.20. The Bertz CT molecular complexity index is 720. The molecule has 1 saturated heterocycles. The molecule has 1 aromatic carbocycles. The third kappa shape index (κ3) is 4.65. The Morgan fingerprint density at radius 2 is 1.88 bits per heavy atom. The number of ether oxygens (including phenoxy) is 1. The molecule has 2 aromatic rings. The molecule has 2 heterocycles. The summed E-state index contributed by atoms with van der Waals surface area (Å²) in [5.74, 6) is 0.467. The average Bonchev–Trinajstić information content (AvgIpc) is 2.56. The van der Waals surface area contributed by atoms with Crippen LogP contribution in [0.4, 0.5) is 5.82 Å². The molecular formula is C20H25N3O2. The van der Waals surface area contributed by atoms with Crippen molar-refractivity contribution in [1.82, 2.24) is 9.88 Å². The molecule has 0 spiro atoms. The quantitative estimate of drug-likeness (QED) is 0.929. The highest BCUT2D eigenvalue weighted by Crippen LogP contribution is 2.16. The summed E-state index contributed by atoms with van der Waals surface area (Å²) in [6, 6.07) is 11.6. The second-order valence-electron chi connectivity index (χ2n) is 6.77. The van der Waals surface area contributed by atoms with Gasteiger partial charge < -0.3 is 10.1 Å². The van der Waals surface area contributed by atoms with Gasteiger partial charge >= 0.3 is 0 Å². The van der Waals surface area contributed by atoms with Gasteiger partial charge in [0.1, 0.15) is 5.82 Å². The van der Waals surface area contributed by atoms with Gasteiger partial charge in [-0.25, -0.2) is 4.98 Å². The van der Waals surface area contributed by atoms with Crippen LogP contribution in [0.2, 0.25) is 0 Å². The molecule has 0 bridgehead atoms. The number of hydrogen-bond acceptors (Lipinski definition) is 4. The first-order chi connectivity index (χ1) is 12.0. The van der Waals surface area contributed by atoms with Crippen LogP contribution in [0.3, 0.4) is 0 Å². The van der Waals surface area contributed by atoms with E-state index in [2.05, 4.69) is 29.0 Å². The largest absolute Gasteiger partial charge is 0.373 e. The van der Waals surface area contributed by atoms with E-state index in [9.17, 15) is 4.79 Å². The van der Waals surface area contributed by atoms with Crippen molar-refractivity contribution in [3.05, 3.63) is 59.3 Å². The number of aromatic nitrogens is 1. The third-order valence-electron chi connectivity index (χ3n) is 4.36. The minimum atomic E-state index is -0.137. The van der Waals surface area contributed by atoms with Crippen LogP contribution in [0.15, 0.2) is 42.6 Å². The van der Waals surface area contributed by atoms with Crippen LogP contribution in [0, 0.1) is 6.92 Å². The molecule has 5 nitrogen and oxygen atoms in total. The van der Waals surface area contributed by atoms with Gasteiger partial charge in [-0.15, -0.1) is 0 Å². The Balaban J connectivity index is 1.62. The van der Waals surface area contributed by atoms with Crippen molar-refractivity contribution in [1.29, 1.82) is 0 Å². The van der Waals surface area contributed by atoms with Crippen molar-refractivity contribution < 1.29 is 9.53 Å². The number of nitrogens with zero attached hydrogens (tertiary/aromatic N) is 2. The van der Waals surface area contributed by atoms with Gasteiger partial charge in [-0.2, -0.15) is 0 Å². The normalized spacial score (nSPS) is 21.1. The Morgan fingerprint density at radius 1 is 1.20 bits per heavy atom. The molecule has 0 unspecified atom stereocenters. The van der Waals surface area contributed by atoms with Crippen molar-refractivity contribution >= 4 is 11.7 Å². The molecule has 0 saturated carbocycles. The predicted molar refractivity (Wildman–Crippen MR) is 98.7 cm³/mol. The fourth-order valence-electron chi connectivity index (χ4n) is 3.23. The number of morpholine rings is 1. The second-order valence-corrected chi connectivity index (χ2v) is 6.77. The molecule has 0 radical (unpaired) electrons. The minimum Gasteiger partial charge on any atom is -0.373 e. The van der Waals surface area contributed by atoms with E-state index in [-0.39, 0.29) is 18.1 Å². The number of anilines is 1. The lowest BCUT2D eigenvalue weighted by atomic mass is 10.1. The standard InChI is InChI=1S/C20H25N3O2/c1-14-5-4-10-21-19(14)22-20(24)18-8-6-17(7-9-18)13-23-11-15(2)25-16(3)12-23/h4-10,15-16H,11-13H2,1-3H3,(H,21,22,24)/t15-,16-/m0/s1. The highest BCUT2D eigenvalue weighted by molar-refractivity contribution is 6.04. The first kappa shape index (κ1) is 17.6. The maximum atomic E-state index is 12.4. The zero-order valence-electron chi connectivity index (χ0n) is 15.0. The molecule has 0 aliphatic carbocycles. The van der Waals surface area contributed by atoms with Gasteiger partial charge in [0, 0.05) is 31.4 Å². The molecule has 1 aromatic heterocycles. The number of benzene rings is 1. The zero-order chi connectivity index (χ0) is 17.8. The van der Waals surface area contributed by atoms with E-state index in [1.807, 2.05) is 43.3 Å². The van der Waals surface area contributed by atoms with Crippen molar-refractivity contribution in [2.75, 3.05) is 18.4 Å². The van der Waals surface area contributed by atoms with E-state index in [1.165, 1.54) is 5.56 Å². The van der Waals surface area contributed by atoms with Crippen LogP contribution in [0.25, 0.3) is 0 Å². The van der Waals surface area contributed by atoms with Crippen LogP contribution in [0.5, 0.6) is 0 Å².